The van der Waals surface area contributed by atoms with E-state index in [1.807, 2.05) is 6.92 Å². The number of aliphatic hydroxyl groups is 1. The van der Waals surface area contributed by atoms with Crippen molar-refractivity contribution in [2.24, 2.45) is 0 Å². The smallest absolute Gasteiger partial charge is 0.223 e. The highest BCUT2D eigenvalue weighted by molar-refractivity contribution is 5.77. The first kappa shape index (κ1) is 16.7. The van der Waals surface area contributed by atoms with E-state index in [-0.39, 0.29) is 18.4 Å². The SMILES string of the molecule is C[C@@H](CCN1CCOCC1)NC(=O)CC1(O)CCCCC1. The Morgan fingerprint density at radius 1 is 1.29 bits per heavy atom. The molecule has 1 atom stereocenters. The Hall–Kier alpha value is -0.650. The van der Waals surface area contributed by atoms with Crippen LogP contribution in [0, 0.1) is 0 Å². The molecule has 2 aliphatic rings. The zero-order valence-electron chi connectivity index (χ0n) is 13.3. The van der Waals surface area contributed by atoms with Crippen molar-refractivity contribution in [3.63, 3.8) is 0 Å². The van der Waals surface area contributed by atoms with Crippen LogP contribution in [0.1, 0.15) is 51.9 Å². The summed E-state index contributed by atoms with van der Waals surface area (Å²) in [4.78, 5) is 14.4. The number of rotatable bonds is 6. The van der Waals surface area contributed by atoms with Crippen LogP contribution in [0.4, 0.5) is 0 Å². The second kappa shape index (κ2) is 8.11. The normalized spacial score (nSPS) is 24.5. The molecule has 122 valence electrons. The first-order chi connectivity index (χ1) is 10.1. The molecule has 0 aromatic heterocycles. The van der Waals surface area contributed by atoms with Gasteiger partial charge in [-0.1, -0.05) is 19.3 Å². The number of nitrogens with zero attached hydrogens (tertiary/aromatic N) is 1. The van der Waals surface area contributed by atoms with Crippen LogP contribution in [-0.4, -0.2) is 60.4 Å². The van der Waals surface area contributed by atoms with E-state index >= 15 is 0 Å². The molecule has 5 heteroatoms. The number of carbonyl (C=O) groups excluding carboxylic acids is 1. The molecule has 2 fully saturated rings. The lowest BCUT2D eigenvalue weighted by molar-refractivity contribution is -0.128. The van der Waals surface area contributed by atoms with Crippen molar-refractivity contribution in [1.29, 1.82) is 0 Å². The van der Waals surface area contributed by atoms with Gasteiger partial charge in [-0.25, -0.2) is 0 Å². The number of amides is 1. The van der Waals surface area contributed by atoms with Crippen LogP contribution in [0.5, 0.6) is 0 Å². The summed E-state index contributed by atoms with van der Waals surface area (Å²) in [5, 5.41) is 13.4. The molecule has 1 heterocycles. The standard InChI is InChI=1S/C16H30N2O3/c1-14(5-8-18-9-11-21-12-10-18)17-15(19)13-16(20)6-3-2-4-7-16/h14,20H,2-13H2,1H3,(H,17,19)/t14-/m0/s1. The van der Waals surface area contributed by atoms with E-state index in [1.54, 1.807) is 0 Å². The Balaban J connectivity index is 1.64. The van der Waals surface area contributed by atoms with Crippen molar-refractivity contribution >= 4 is 5.91 Å². The van der Waals surface area contributed by atoms with Gasteiger partial charge in [-0.3, -0.25) is 9.69 Å². The Morgan fingerprint density at radius 3 is 2.62 bits per heavy atom. The number of ether oxygens (including phenoxy) is 1. The van der Waals surface area contributed by atoms with E-state index in [0.29, 0.717) is 0 Å². The van der Waals surface area contributed by atoms with Gasteiger partial charge in [-0.2, -0.15) is 0 Å². The third-order valence-electron chi connectivity index (χ3n) is 4.66. The van der Waals surface area contributed by atoms with Crippen LogP contribution in [0.25, 0.3) is 0 Å². The highest BCUT2D eigenvalue weighted by Gasteiger charge is 2.31. The maximum Gasteiger partial charge on any atom is 0.223 e. The molecule has 0 aromatic rings. The second-order valence-electron chi connectivity index (χ2n) is 6.67. The number of nitrogens with one attached hydrogen (secondary N) is 1. The third kappa shape index (κ3) is 5.93. The van der Waals surface area contributed by atoms with Gasteiger partial charge in [0.05, 0.1) is 25.2 Å². The van der Waals surface area contributed by atoms with Gasteiger partial charge in [0.1, 0.15) is 0 Å². The summed E-state index contributed by atoms with van der Waals surface area (Å²) in [6.07, 6.45) is 6.00. The van der Waals surface area contributed by atoms with Crippen molar-refractivity contribution in [3.05, 3.63) is 0 Å². The largest absolute Gasteiger partial charge is 0.389 e. The molecule has 1 aliphatic heterocycles. The summed E-state index contributed by atoms with van der Waals surface area (Å²) >= 11 is 0. The van der Waals surface area contributed by atoms with E-state index in [1.165, 1.54) is 6.42 Å². The first-order valence-electron chi connectivity index (χ1n) is 8.39. The maximum atomic E-state index is 12.1. The highest BCUT2D eigenvalue weighted by Crippen LogP contribution is 2.30. The van der Waals surface area contributed by atoms with Crippen molar-refractivity contribution in [2.75, 3.05) is 32.8 Å². The minimum absolute atomic E-state index is 0.00567. The fraction of sp³-hybridized carbons (Fsp3) is 0.938. The molecule has 1 saturated heterocycles. The van der Waals surface area contributed by atoms with Gasteiger partial charge in [0.25, 0.3) is 0 Å². The fourth-order valence-electron chi connectivity index (χ4n) is 3.28. The molecule has 2 N–H and O–H groups in total. The molecule has 0 aromatic carbocycles. The topological polar surface area (TPSA) is 61.8 Å². The molecule has 2 rings (SSSR count). The Bertz CT molecular complexity index is 323. The average molecular weight is 298 g/mol. The monoisotopic (exact) mass is 298 g/mol. The Labute approximate surface area is 128 Å². The summed E-state index contributed by atoms with van der Waals surface area (Å²) in [6, 6.07) is 0.160. The summed E-state index contributed by atoms with van der Waals surface area (Å²) in [7, 11) is 0. The molecule has 1 amide bonds. The van der Waals surface area contributed by atoms with E-state index in [0.717, 1.165) is 65.0 Å². The molecule has 5 nitrogen and oxygen atoms in total. The first-order valence-corrected chi connectivity index (χ1v) is 8.39. The van der Waals surface area contributed by atoms with Gasteiger partial charge in [-0.15, -0.1) is 0 Å². The lowest BCUT2D eigenvalue weighted by Gasteiger charge is -2.32. The second-order valence-corrected chi connectivity index (χ2v) is 6.67. The van der Waals surface area contributed by atoms with Crippen molar-refractivity contribution in [3.8, 4) is 0 Å². The van der Waals surface area contributed by atoms with Gasteiger partial charge < -0.3 is 15.2 Å². The minimum atomic E-state index is -0.758. The van der Waals surface area contributed by atoms with E-state index in [4.69, 9.17) is 4.74 Å². The summed E-state index contributed by atoms with van der Waals surface area (Å²) < 4.78 is 5.33. The van der Waals surface area contributed by atoms with Crippen LogP contribution < -0.4 is 5.32 Å². The average Bonchev–Trinajstić information content (AvgIpc) is 2.46. The number of carbonyl (C=O) groups is 1. The van der Waals surface area contributed by atoms with Crippen LogP contribution >= 0.6 is 0 Å². The van der Waals surface area contributed by atoms with E-state index in [2.05, 4.69) is 10.2 Å². The predicted octanol–water partition coefficient (Wildman–Crippen LogP) is 1.30. The van der Waals surface area contributed by atoms with Crippen molar-refractivity contribution < 1.29 is 14.6 Å². The molecule has 0 spiro atoms. The van der Waals surface area contributed by atoms with Gasteiger partial charge in [0.2, 0.25) is 5.91 Å². The maximum absolute atomic E-state index is 12.1. The number of hydrogen-bond donors (Lipinski definition) is 2. The lowest BCUT2D eigenvalue weighted by atomic mass is 9.82. The fourth-order valence-corrected chi connectivity index (χ4v) is 3.28. The van der Waals surface area contributed by atoms with Crippen molar-refractivity contribution in [1.82, 2.24) is 10.2 Å². The van der Waals surface area contributed by atoms with Crippen LogP contribution in [0.15, 0.2) is 0 Å². The van der Waals surface area contributed by atoms with Crippen LogP contribution in [0.2, 0.25) is 0 Å². The zero-order valence-corrected chi connectivity index (χ0v) is 13.3. The zero-order chi connectivity index (χ0) is 15.1. The number of morpholine rings is 1. The molecular formula is C16H30N2O3. The molecule has 1 aliphatic carbocycles. The Morgan fingerprint density at radius 2 is 1.95 bits per heavy atom. The third-order valence-corrected chi connectivity index (χ3v) is 4.66. The van der Waals surface area contributed by atoms with Crippen molar-refractivity contribution in [2.45, 2.75) is 63.5 Å². The van der Waals surface area contributed by atoms with Gasteiger partial charge >= 0.3 is 0 Å². The van der Waals surface area contributed by atoms with Gasteiger partial charge in [-0.05, 0) is 26.2 Å². The molecule has 0 unspecified atom stereocenters. The molecule has 21 heavy (non-hydrogen) atoms. The molecule has 1 saturated carbocycles. The summed E-state index contributed by atoms with van der Waals surface area (Å²) in [5.41, 5.74) is -0.758. The minimum Gasteiger partial charge on any atom is -0.389 e. The lowest BCUT2D eigenvalue weighted by Crippen LogP contribution is -2.43. The molecule has 0 bridgehead atoms. The number of hydrogen-bond acceptors (Lipinski definition) is 4. The molecular weight excluding hydrogens is 268 g/mol. The Kier molecular flexibility index (Phi) is 6.45. The van der Waals surface area contributed by atoms with Crippen LogP contribution in [0.3, 0.4) is 0 Å². The van der Waals surface area contributed by atoms with E-state index in [9.17, 15) is 9.90 Å². The van der Waals surface area contributed by atoms with Gasteiger partial charge in [0, 0.05) is 25.7 Å². The predicted molar refractivity (Wildman–Crippen MR) is 82.1 cm³/mol. The molecule has 0 radical (unpaired) electrons. The van der Waals surface area contributed by atoms with Crippen LogP contribution in [-0.2, 0) is 9.53 Å². The quantitative estimate of drug-likeness (QED) is 0.776. The highest BCUT2D eigenvalue weighted by atomic mass is 16.5. The van der Waals surface area contributed by atoms with Gasteiger partial charge in [0.15, 0.2) is 0 Å². The van der Waals surface area contributed by atoms with E-state index < -0.39 is 5.60 Å². The summed E-state index contributed by atoms with van der Waals surface area (Å²) in [5.74, 6) is -0.00567. The summed E-state index contributed by atoms with van der Waals surface area (Å²) in [6.45, 7) is 6.64.